The molecule has 0 atom stereocenters. The minimum absolute atomic E-state index is 0.530. The predicted molar refractivity (Wildman–Crippen MR) is 72.2 cm³/mol. The van der Waals surface area contributed by atoms with Gasteiger partial charge >= 0.3 is 0 Å². The molecule has 0 aliphatic heterocycles. The van der Waals surface area contributed by atoms with Crippen molar-refractivity contribution in [2.45, 2.75) is 13.8 Å². The third-order valence-corrected chi connectivity index (χ3v) is 3.04. The van der Waals surface area contributed by atoms with Gasteiger partial charge in [-0.1, -0.05) is 17.7 Å². The van der Waals surface area contributed by atoms with Crippen molar-refractivity contribution in [3.05, 3.63) is 58.1 Å². The van der Waals surface area contributed by atoms with E-state index in [2.05, 4.69) is 6.07 Å². The first kappa shape index (κ1) is 12.5. The number of hydrogen-bond donors (Lipinski definition) is 0. The van der Waals surface area contributed by atoms with Crippen LogP contribution >= 0.6 is 11.6 Å². The summed E-state index contributed by atoms with van der Waals surface area (Å²) in [7, 11) is 0. The van der Waals surface area contributed by atoms with E-state index in [0.717, 1.165) is 11.1 Å². The highest BCUT2D eigenvalue weighted by molar-refractivity contribution is 6.31. The third-order valence-electron chi connectivity index (χ3n) is 2.61. The Hall–Kier alpha value is -1.98. The van der Waals surface area contributed by atoms with Gasteiger partial charge in [0.2, 0.25) is 0 Å². The van der Waals surface area contributed by atoms with Crippen molar-refractivity contribution in [2.24, 2.45) is 0 Å². The van der Waals surface area contributed by atoms with E-state index in [9.17, 15) is 0 Å². The molecule has 0 heterocycles. The van der Waals surface area contributed by atoms with Gasteiger partial charge in [0.05, 0.1) is 5.56 Å². The zero-order valence-corrected chi connectivity index (χ0v) is 11.0. The molecule has 2 nitrogen and oxygen atoms in total. The first-order valence-electron chi connectivity index (χ1n) is 5.55. The highest BCUT2D eigenvalue weighted by Crippen LogP contribution is 2.28. The van der Waals surface area contributed by atoms with Crippen LogP contribution in [-0.4, -0.2) is 0 Å². The Balaban J connectivity index is 2.34. The predicted octanol–water partition coefficient (Wildman–Crippen LogP) is 4.62. The average molecular weight is 258 g/mol. The van der Waals surface area contributed by atoms with E-state index in [0.29, 0.717) is 22.1 Å². The van der Waals surface area contributed by atoms with Gasteiger partial charge in [-0.25, -0.2) is 0 Å². The van der Waals surface area contributed by atoms with Crippen molar-refractivity contribution < 1.29 is 4.74 Å². The van der Waals surface area contributed by atoms with Crippen LogP contribution in [0.3, 0.4) is 0 Å². The summed E-state index contributed by atoms with van der Waals surface area (Å²) in [6.45, 7) is 3.85. The molecule has 0 radical (unpaired) electrons. The standard InChI is InChI=1S/C15H12ClNO/c1-10-3-6-15(12(7-10)9-17)18-13-4-5-14(16)11(2)8-13/h3-8H,1-2H3. The molecule has 2 rings (SSSR count). The molecule has 0 saturated carbocycles. The van der Waals surface area contributed by atoms with Crippen LogP contribution in [0.5, 0.6) is 11.5 Å². The monoisotopic (exact) mass is 257 g/mol. The number of hydrogen-bond acceptors (Lipinski definition) is 2. The molecule has 18 heavy (non-hydrogen) atoms. The molecule has 0 aliphatic rings. The molecule has 0 saturated heterocycles. The number of rotatable bonds is 2. The lowest BCUT2D eigenvalue weighted by molar-refractivity contribution is 0.480. The van der Waals surface area contributed by atoms with E-state index in [1.54, 1.807) is 24.3 Å². The fraction of sp³-hybridized carbons (Fsp3) is 0.133. The summed E-state index contributed by atoms with van der Waals surface area (Å²) in [5.41, 5.74) is 2.51. The quantitative estimate of drug-likeness (QED) is 0.786. The van der Waals surface area contributed by atoms with Gasteiger partial charge in [0.25, 0.3) is 0 Å². The molecule has 90 valence electrons. The van der Waals surface area contributed by atoms with Crippen LogP contribution in [0.4, 0.5) is 0 Å². The fourth-order valence-corrected chi connectivity index (χ4v) is 1.75. The number of benzene rings is 2. The van der Waals surface area contributed by atoms with Crippen LogP contribution < -0.4 is 4.74 Å². The summed E-state index contributed by atoms with van der Waals surface area (Å²) < 4.78 is 5.71. The van der Waals surface area contributed by atoms with Crippen LogP contribution in [0.2, 0.25) is 5.02 Å². The van der Waals surface area contributed by atoms with Crippen molar-refractivity contribution in [1.82, 2.24) is 0 Å². The first-order chi connectivity index (χ1) is 8.60. The zero-order chi connectivity index (χ0) is 13.1. The number of aryl methyl sites for hydroxylation is 2. The van der Waals surface area contributed by atoms with Crippen LogP contribution in [0, 0.1) is 25.2 Å². The largest absolute Gasteiger partial charge is 0.456 e. The number of halogens is 1. The number of nitrogens with zero attached hydrogens (tertiary/aromatic N) is 1. The maximum absolute atomic E-state index is 9.07. The van der Waals surface area contributed by atoms with Gasteiger partial charge in [0, 0.05) is 5.02 Å². The van der Waals surface area contributed by atoms with Gasteiger partial charge < -0.3 is 4.74 Å². The lowest BCUT2D eigenvalue weighted by atomic mass is 10.1. The van der Waals surface area contributed by atoms with Gasteiger partial charge in [0.1, 0.15) is 17.6 Å². The van der Waals surface area contributed by atoms with Crippen molar-refractivity contribution in [1.29, 1.82) is 5.26 Å². The molecule has 0 fully saturated rings. The molecule has 3 heteroatoms. The van der Waals surface area contributed by atoms with Crippen LogP contribution in [0.1, 0.15) is 16.7 Å². The van der Waals surface area contributed by atoms with Gasteiger partial charge in [-0.05, 0) is 55.3 Å². The molecule has 0 bridgehead atoms. The summed E-state index contributed by atoms with van der Waals surface area (Å²) in [5.74, 6) is 1.24. The number of nitriles is 1. The van der Waals surface area contributed by atoms with E-state index in [1.807, 2.05) is 26.0 Å². The maximum Gasteiger partial charge on any atom is 0.145 e. The van der Waals surface area contributed by atoms with Gasteiger partial charge in [-0.15, -0.1) is 0 Å². The topological polar surface area (TPSA) is 33.0 Å². The summed E-state index contributed by atoms with van der Waals surface area (Å²) in [4.78, 5) is 0. The van der Waals surface area contributed by atoms with Crippen molar-refractivity contribution in [2.75, 3.05) is 0 Å². The second-order valence-electron chi connectivity index (χ2n) is 4.12. The Morgan fingerprint density at radius 3 is 2.56 bits per heavy atom. The van der Waals surface area contributed by atoms with Crippen molar-refractivity contribution >= 4 is 11.6 Å². The van der Waals surface area contributed by atoms with E-state index in [-0.39, 0.29) is 0 Å². The minimum Gasteiger partial charge on any atom is -0.456 e. The molecule has 0 spiro atoms. The lowest BCUT2D eigenvalue weighted by Gasteiger charge is -2.09. The van der Waals surface area contributed by atoms with E-state index >= 15 is 0 Å². The van der Waals surface area contributed by atoms with Crippen LogP contribution in [0.15, 0.2) is 36.4 Å². The molecule has 2 aromatic rings. The normalized spacial score (nSPS) is 9.89. The smallest absolute Gasteiger partial charge is 0.145 e. The molecule has 0 aliphatic carbocycles. The Kier molecular flexibility index (Phi) is 3.55. The maximum atomic E-state index is 9.07. The Labute approximate surface area is 111 Å². The van der Waals surface area contributed by atoms with Gasteiger partial charge in [-0.3, -0.25) is 0 Å². The molecule has 2 aromatic carbocycles. The van der Waals surface area contributed by atoms with E-state index in [4.69, 9.17) is 21.6 Å². The highest BCUT2D eigenvalue weighted by Gasteiger charge is 2.06. The van der Waals surface area contributed by atoms with E-state index < -0.39 is 0 Å². The number of ether oxygens (including phenoxy) is 1. The second kappa shape index (κ2) is 5.12. The fourth-order valence-electron chi connectivity index (χ4n) is 1.63. The Bertz CT molecular complexity index is 629. The SMILES string of the molecule is Cc1ccc(Oc2ccc(Cl)c(C)c2)c(C#N)c1. The van der Waals surface area contributed by atoms with Gasteiger partial charge in [0.15, 0.2) is 0 Å². The lowest BCUT2D eigenvalue weighted by Crippen LogP contribution is -1.89. The van der Waals surface area contributed by atoms with Crippen LogP contribution in [0.25, 0.3) is 0 Å². The summed E-state index contributed by atoms with van der Waals surface area (Å²) >= 11 is 5.96. The molecule has 0 amide bonds. The third kappa shape index (κ3) is 2.64. The summed E-state index contributed by atoms with van der Waals surface area (Å²) in [6.07, 6.45) is 0. The summed E-state index contributed by atoms with van der Waals surface area (Å²) in [5, 5.41) is 9.77. The average Bonchev–Trinajstić information content (AvgIpc) is 2.36. The molecule has 0 aromatic heterocycles. The molecule has 0 N–H and O–H groups in total. The zero-order valence-electron chi connectivity index (χ0n) is 10.2. The van der Waals surface area contributed by atoms with Crippen LogP contribution in [-0.2, 0) is 0 Å². The Morgan fingerprint density at radius 1 is 1.11 bits per heavy atom. The highest BCUT2D eigenvalue weighted by atomic mass is 35.5. The Morgan fingerprint density at radius 2 is 1.89 bits per heavy atom. The van der Waals surface area contributed by atoms with Crippen molar-refractivity contribution in [3.8, 4) is 17.6 Å². The first-order valence-corrected chi connectivity index (χ1v) is 5.92. The van der Waals surface area contributed by atoms with Gasteiger partial charge in [-0.2, -0.15) is 5.26 Å². The summed E-state index contributed by atoms with van der Waals surface area (Å²) in [6, 6.07) is 13.1. The molecular formula is C15H12ClNO. The van der Waals surface area contributed by atoms with Crippen molar-refractivity contribution in [3.63, 3.8) is 0 Å². The minimum atomic E-state index is 0.530. The molecule has 0 unspecified atom stereocenters. The molecular weight excluding hydrogens is 246 g/mol. The van der Waals surface area contributed by atoms with E-state index in [1.165, 1.54) is 0 Å². The second-order valence-corrected chi connectivity index (χ2v) is 4.53.